The van der Waals surface area contributed by atoms with Crippen molar-refractivity contribution in [2.24, 2.45) is 0 Å². The highest BCUT2D eigenvalue weighted by atomic mass is 16.3. The van der Waals surface area contributed by atoms with Gasteiger partial charge in [-0.1, -0.05) is 66.7 Å². The topological polar surface area (TPSA) is 52.6 Å². The number of phenols is 1. The van der Waals surface area contributed by atoms with Crippen molar-refractivity contribution in [2.45, 2.75) is 26.1 Å². The minimum absolute atomic E-state index is 0.0342. The van der Waals surface area contributed by atoms with Gasteiger partial charge >= 0.3 is 0 Å². The summed E-state index contributed by atoms with van der Waals surface area (Å²) in [5.74, 6) is 0.268. The molecule has 4 heteroatoms. The van der Waals surface area contributed by atoms with Crippen LogP contribution in [0.5, 0.6) is 5.75 Å². The Morgan fingerprint density at radius 2 is 1.73 bits per heavy atom. The number of nitrogens with one attached hydrogen (secondary N) is 1. The zero-order valence-electron chi connectivity index (χ0n) is 16.9. The summed E-state index contributed by atoms with van der Waals surface area (Å²) >= 11 is 0. The number of carbonyl (C=O) groups is 1. The number of benzene rings is 3. The first-order valence-electron chi connectivity index (χ1n) is 10.3. The number of rotatable bonds is 7. The highest BCUT2D eigenvalue weighted by molar-refractivity contribution is 5.95. The molecule has 1 heterocycles. The summed E-state index contributed by atoms with van der Waals surface area (Å²) in [6.45, 7) is 2.91. The van der Waals surface area contributed by atoms with Crippen molar-refractivity contribution in [2.75, 3.05) is 6.54 Å². The van der Waals surface area contributed by atoms with Crippen molar-refractivity contribution in [1.82, 2.24) is 10.2 Å². The molecule has 4 nitrogen and oxygen atoms in total. The van der Waals surface area contributed by atoms with E-state index in [1.54, 1.807) is 6.07 Å². The highest BCUT2D eigenvalue weighted by Crippen LogP contribution is 2.27. The highest BCUT2D eigenvalue weighted by Gasteiger charge is 2.21. The molecule has 0 spiro atoms. The van der Waals surface area contributed by atoms with Crippen molar-refractivity contribution in [1.29, 1.82) is 0 Å². The molecule has 0 atom stereocenters. The van der Waals surface area contributed by atoms with Crippen LogP contribution in [0.3, 0.4) is 0 Å². The lowest BCUT2D eigenvalue weighted by molar-refractivity contribution is 0.0952. The monoisotopic (exact) mass is 398 g/mol. The van der Waals surface area contributed by atoms with Crippen molar-refractivity contribution >= 4 is 12.0 Å². The van der Waals surface area contributed by atoms with Gasteiger partial charge in [0.2, 0.25) is 0 Å². The molecule has 0 aromatic heterocycles. The maximum Gasteiger partial charge on any atom is 0.251 e. The molecule has 0 aliphatic carbocycles. The number of carbonyl (C=O) groups excluding carboxylic acids is 1. The molecule has 1 aliphatic rings. The van der Waals surface area contributed by atoms with Gasteiger partial charge in [-0.15, -0.1) is 0 Å². The summed E-state index contributed by atoms with van der Waals surface area (Å²) in [5.41, 5.74) is 5.30. The predicted octanol–water partition coefficient (Wildman–Crippen LogP) is 4.74. The van der Waals surface area contributed by atoms with Crippen molar-refractivity contribution in [3.63, 3.8) is 0 Å². The van der Waals surface area contributed by atoms with Crippen LogP contribution in [0.2, 0.25) is 0 Å². The lowest BCUT2D eigenvalue weighted by Crippen LogP contribution is -2.26. The van der Waals surface area contributed by atoms with Crippen molar-refractivity contribution in [3.05, 3.63) is 107 Å². The number of hydrogen-bond donors (Lipinski definition) is 2. The molecule has 152 valence electrons. The van der Waals surface area contributed by atoms with E-state index in [0.29, 0.717) is 18.8 Å². The molecule has 1 amide bonds. The average Bonchev–Trinajstić information content (AvgIpc) is 3.16. The fourth-order valence-electron chi connectivity index (χ4n) is 3.83. The number of amides is 1. The van der Waals surface area contributed by atoms with Gasteiger partial charge in [0.25, 0.3) is 5.91 Å². The van der Waals surface area contributed by atoms with Crippen LogP contribution in [0.25, 0.3) is 6.08 Å². The van der Waals surface area contributed by atoms with E-state index >= 15 is 0 Å². The van der Waals surface area contributed by atoms with Gasteiger partial charge in [0.1, 0.15) is 5.75 Å². The predicted molar refractivity (Wildman–Crippen MR) is 120 cm³/mol. The number of fused-ring (bicyclic) bond motifs is 1. The molecule has 3 aromatic carbocycles. The molecular formula is C26H26N2O2. The maximum absolute atomic E-state index is 12.7. The summed E-state index contributed by atoms with van der Waals surface area (Å²) in [7, 11) is 0. The molecule has 0 radical (unpaired) electrons. The molecule has 0 bridgehead atoms. The first-order chi connectivity index (χ1) is 14.7. The zero-order chi connectivity index (χ0) is 20.8. The standard InChI is InChI=1S/C26H26N2O2/c29-24-14-13-21-17-28(19-23(21)16-24)18-22-11-4-5-12-25(22)26(30)27-15-7-6-10-20-8-2-1-3-9-20/h1-6,8-14,16,29H,7,15,17-19H2,(H,27,30)/b10-6+. The first-order valence-corrected chi connectivity index (χ1v) is 10.3. The second-order valence-electron chi connectivity index (χ2n) is 7.61. The SMILES string of the molecule is O=C(NCC/C=C/c1ccccc1)c1ccccc1CN1Cc2ccc(O)cc2C1. The Morgan fingerprint density at radius 1 is 0.967 bits per heavy atom. The molecule has 0 unspecified atom stereocenters. The molecule has 0 saturated carbocycles. The van der Waals surface area contributed by atoms with Crippen molar-refractivity contribution < 1.29 is 9.90 Å². The minimum Gasteiger partial charge on any atom is -0.508 e. The fraction of sp³-hybridized carbons (Fsp3) is 0.192. The summed E-state index contributed by atoms with van der Waals surface area (Å²) < 4.78 is 0. The molecule has 4 rings (SSSR count). The van der Waals surface area contributed by atoms with Gasteiger partial charge in [-0.2, -0.15) is 0 Å². The number of hydrogen-bond acceptors (Lipinski definition) is 3. The van der Waals surface area contributed by atoms with Crippen LogP contribution in [0.1, 0.15) is 39.0 Å². The normalized spacial score (nSPS) is 13.5. The Balaban J connectivity index is 1.33. The Hall–Kier alpha value is -3.37. The lowest BCUT2D eigenvalue weighted by atomic mass is 10.1. The van der Waals surface area contributed by atoms with Crippen LogP contribution < -0.4 is 5.32 Å². The zero-order valence-corrected chi connectivity index (χ0v) is 16.9. The van der Waals surface area contributed by atoms with Crippen LogP contribution in [-0.2, 0) is 19.6 Å². The largest absolute Gasteiger partial charge is 0.508 e. The van der Waals surface area contributed by atoms with Gasteiger partial charge in [-0.3, -0.25) is 9.69 Å². The van der Waals surface area contributed by atoms with E-state index in [0.717, 1.165) is 41.8 Å². The Kier molecular flexibility index (Phi) is 6.26. The third-order valence-corrected chi connectivity index (χ3v) is 5.34. The third kappa shape index (κ3) is 4.97. The van der Waals surface area contributed by atoms with Crippen LogP contribution in [0.15, 0.2) is 78.9 Å². The minimum atomic E-state index is -0.0342. The quantitative estimate of drug-likeness (QED) is 0.565. The third-order valence-electron chi connectivity index (χ3n) is 5.34. The van der Waals surface area contributed by atoms with E-state index < -0.39 is 0 Å². The molecule has 2 N–H and O–H groups in total. The Bertz CT molecular complexity index is 1040. The van der Waals surface area contributed by atoms with E-state index in [4.69, 9.17) is 0 Å². The smallest absolute Gasteiger partial charge is 0.251 e. The van der Waals surface area contributed by atoms with Crippen LogP contribution in [-0.4, -0.2) is 22.5 Å². The second-order valence-corrected chi connectivity index (χ2v) is 7.61. The van der Waals surface area contributed by atoms with Gasteiger partial charge in [0.15, 0.2) is 0 Å². The number of nitrogens with zero attached hydrogens (tertiary/aromatic N) is 1. The van der Waals surface area contributed by atoms with Crippen LogP contribution in [0.4, 0.5) is 0 Å². The molecule has 0 fully saturated rings. The fourth-order valence-corrected chi connectivity index (χ4v) is 3.83. The first kappa shape index (κ1) is 19.9. The summed E-state index contributed by atoms with van der Waals surface area (Å²) in [6.07, 6.45) is 4.94. The Labute approximate surface area is 177 Å². The van der Waals surface area contributed by atoms with E-state index in [1.165, 1.54) is 5.56 Å². The van der Waals surface area contributed by atoms with Gasteiger partial charge in [-0.25, -0.2) is 0 Å². The van der Waals surface area contributed by atoms with Gasteiger partial charge in [0.05, 0.1) is 0 Å². The van der Waals surface area contributed by atoms with Gasteiger partial charge < -0.3 is 10.4 Å². The number of phenolic OH excluding ortho intramolecular Hbond substituents is 1. The van der Waals surface area contributed by atoms with Crippen molar-refractivity contribution in [3.8, 4) is 5.75 Å². The summed E-state index contributed by atoms with van der Waals surface area (Å²) in [5, 5.41) is 12.7. The molecule has 30 heavy (non-hydrogen) atoms. The molecule has 0 saturated heterocycles. The van der Waals surface area contributed by atoms with Gasteiger partial charge in [0, 0.05) is 31.7 Å². The summed E-state index contributed by atoms with van der Waals surface area (Å²) in [6, 6.07) is 23.5. The molecule has 3 aromatic rings. The van der Waals surface area contributed by atoms with E-state index in [9.17, 15) is 9.90 Å². The van der Waals surface area contributed by atoms with E-state index in [-0.39, 0.29) is 5.91 Å². The number of aromatic hydroxyl groups is 1. The maximum atomic E-state index is 12.7. The molecule has 1 aliphatic heterocycles. The van der Waals surface area contributed by atoms with E-state index in [2.05, 4.69) is 34.5 Å². The van der Waals surface area contributed by atoms with Gasteiger partial charge in [-0.05, 0) is 46.9 Å². The average molecular weight is 399 g/mol. The summed E-state index contributed by atoms with van der Waals surface area (Å²) in [4.78, 5) is 15.0. The Morgan fingerprint density at radius 3 is 2.60 bits per heavy atom. The second kappa shape index (κ2) is 9.42. The molecular weight excluding hydrogens is 372 g/mol. The van der Waals surface area contributed by atoms with Crippen LogP contribution in [0, 0.1) is 0 Å². The van der Waals surface area contributed by atoms with E-state index in [1.807, 2.05) is 54.6 Å². The lowest BCUT2D eigenvalue weighted by Gasteiger charge is -2.17. The van der Waals surface area contributed by atoms with Crippen LogP contribution >= 0.6 is 0 Å².